The van der Waals surface area contributed by atoms with Gasteiger partial charge < -0.3 is 9.73 Å². The van der Waals surface area contributed by atoms with Gasteiger partial charge in [0, 0.05) is 0 Å². The largest absolute Gasteiger partial charge is 0.444 e. The number of fused-ring (bicyclic) bond motifs is 1. The zero-order chi connectivity index (χ0) is 18.1. The average Bonchev–Trinajstić information content (AvgIpc) is 3.29. The molecule has 0 aliphatic heterocycles. The Morgan fingerprint density at radius 2 is 2.15 bits per heavy atom. The summed E-state index contributed by atoms with van der Waals surface area (Å²) in [7, 11) is 0. The Kier molecular flexibility index (Phi) is 4.41. The van der Waals surface area contributed by atoms with E-state index in [1.165, 1.54) is 11.1 Å². The van der Waals surface area contributed by atoms with Gasteiger partial charge in [-0.3, -0.25) is 4.79 Å². The Morgan fingerprint density at radius 3 is 2.96 bits per heavy atom. The zero-order valence-electron chi connectivity index (χ0n) is 15.0. The standard InChI is InChI=1S/C21H22N2O2S/c1-21(2)10-9-17(15-6-3-4-7-16(15)21)23-19(24)12-14-13-25-20(22-14)18-8-5-11-26-18/h3-8,11,13,17H,9-10,12H2,1-2H3,(H,23,24). The van der Waals surface area contributed by atoms with Crippen LogP contribution in [0.2, 0.25) is 0 Å². The third-order valence-corrected chi connectivity index (χ3v) is 5.94. The van der Waals surface area contributed by atoms with Gasteiger partial charge in [-0.05, 0) is 40.8 Å². The van der Waals surface area contributed by atoms with Crippen molar-refractivity contribution in [2.75, 3.05) is 0 Å². The number of hydrogen-bond acceptors (Lipinski definition) is 4. The van der Waals surface area contributed by atoms with E-state index >= 15 is 0 Å². The molecule has 1 N–H and O–H groups in total. The normalized spacial score (nSPS) is 18.3. The van der Waals surface area contributed by atoms with Gasteiger partial charge in [-0.15, -0.1) is 11.3 Å². The molecule has 0 fully saturated rings. The lowest BCUT2D eigenvalue weighted by molar-refractivity contribution is -0.121. The van der Waals surface area contributed by atoms with Crippen LogP contribution in [0.1, 0.15) is 49.6 Å². The third kappa shape index (κ3) is 3.31. The molecule has 5 heteroatoms. The van der Waals surface area contributed by atoms with Crippen molar-refractivity contribution in [2.45, 2.75) is 44.6 Å². The second-order valence-electron chi connectivity index (χ2n) is 7.43. The number of carbonyl (C=O) groups is 1. The van der Waals surface area contributed by atoms with E-state index in [-0.39, 0.29) is 23.8 Å². The first-order valence-corrected chi connectivity index (χ1v) is 9.78. The fourth-order valence-corrected chi connectivity index (χ4v) is 4.33. The number of rotatable bonds is 4. The number of carbonyl (C=O) groups excluding carboxylic acids is 1. The maximum absolute atomic E-state index is 12.6. The molecule has 1 atom stereocenters. The molecule has 0 saturated heterocycles. The molecule has 2 aromatic heterocycles. The number of aromatic nitrogens is 1. The highest BCUT2D eigenvalue weighted by Crippen LogP contribution is 2.41. The summed E-state index contributed by atoms with van der Waals surface area (Å²) >= 11 is 1.57. The summed E-state index contributed by atoms with van der Waals surface area (Å²) in [5.41, 5.74) is 3.38. The van der Waals surface area contributed by atoms with E-state index in [2.05, 4.69) is 42.3 Å². The van der Waals surface area contributed by atoms with E-state index in [0.717, 1.165) is 17.7 Å². The number of thiophene rings is 1. The molecule has 1 unspecified atom stereocenters. The highest BCUT2D eigenvalue weighted by Gasteiger charge is 2.32. The molecule has 1 aromatic carbocycles. The maximum Gasteiger partial charge on any atom is 0.236 e. The van der Waals surface area contributed by atoms with Crippen molar-refractivity contribution in [3.63, 3.8) is 0 Å². The van der Waals surface area contributed by atoms with Crippen molar-refractivity contribution in [3.05, 3.63) is 64.9 Å². The summed E-state index contributed by atoms with van der Waals surface area (Å²) in [4.78, 5) is 18.0. The van der Waals surface area contributed by atoms with Gasteiger partial charge >= 0.3 is 0 Å². The van der Waals surface area contributed by atoms with Crippen LogP contribution >= 0.6 is 11.3 Å². The Morgan fingerprint density at radius 1 is 1.31 bits per heavy atom. The summed E-state index contributed by atoms with van der Waals surface area (Å²) in [6.45, 7) is 4.54. The molecular weight excluding hydrogens is 344 g/mol. The van der Waals surface area contributed by atoms with Crippen LogP contribution in [0.25, 0.3) is 10.8 Å². The topological polar surface area (TPSA) is 55.1 Å². The van der Waals surface area contributed by atoms with Gasteiger partial charge in [0.05, 0.1) is 23.0 Å². The summed E-state index contributed by atoms with van der Waals surface area (Å²) < 4.78 is 5.50. The van der Waals surface area contributed by atoms with Gasteiger partial charge in [-0.25, -0.2) is 4.98 Å². The van der Waals surface area contributed by atoms with Crippen LogP contribution in [0.4, 0.5) is 0 Å². The van der Waals surface area contributed by atoms with E-state index in [1.807, 2.05) is 23.6 Å². The Balaban J connectivity index is 1.46. The Labute approximate surface area is 157 Å². The average molecular weight is 366 g/mol. The van der Waals surface area contributed by atoms with Gasteiger partial charge in [0.15, 0.2) is 0 Å². The van der Waals surface area contributed by atoms with Gasteiger partial charge in [-0.1, -0.05) is 44.2 Å². The highest BCUT2D eigenvalue weighted by molar-refractivity contribution is 7.13. The number of amides is 1. The molecule has 3 aromatic rings. The lowest BCUT2D eigenvalue weighted by atomic mass is 9.71. The molecule has 1 aliphatic carbocycles. The second kappa shape index (κ2) is 6.72. The van der Waals surface area contributed by atoms with Crippen LogP contribution in [0.15, 0.2) is 52.5 Å². The number of nitrogens with one attached hydrogen (secondary N) is 1. The number of hydrogen-bond donors (Lipinski definition) is 1. The second-order valence-corrected chi connectivity index (χ2v) is 8.38. The SMILES string of the molecule is CC1(C)CCC(NC(=O)Cc2coc(-c3cccs3)n2)c2ccccc21. The fraction of sp³-hybridized carbons (Fsp3) is 0.333. The van der Waals surface area contributed by atoms with Gasteiger partial charge in [0.25, 0.3) is 0 Å². The predicted octanol–water partition coefficient (Wildman–Crippen LogP) is 4.87. The molecule has 134 valence electrons. The molecule has 1 amide bonds. The Hall–Kier alpha value is -2.40. The van der Waals surface area contributed by atoms with Crippen molar-refractivity contribution in [1.29, 1.82) is 0 Å². The van der Waals surface area contributed by atoms with Crippen molar-refractivity contribution < 1.29 is 9.21 Å². The van der Waals surface area contributed by atoms with E-state index < -0.39 is 0 Å². The van der Waals surface area contributed by atoms with Gasteiger partial charge in [0.2, 0.25) is 11.8 Å². The monoisotopic (exact) mass is 366 g/mol. The summed E-state index contributed by atoms with van der Waals surface area (Å²) in [5.74, 6) is 0.558. The smallest absolute Gasteiger partial charge is 0.236 e. The zero-order valence-corrected chi connectivity index (χ0v) is 15.8. The van der Waals surface area contributed by atoms with Crippen molar-refractivity contribution in [3.8, 4) is 10.8 Å². The van der Waals surface area contributed by atoms with E-state index in [1.54, 1.807) is 17.6 Å². The van der Waals surface area contributed by atoms with Gasteiger partial charge in [0.1, 0.15) is 6.26 Å². The molecule has 0 spiro atoms. The maximum atomic E-state index is 12.6. The lowest BCUT2D eigenvalue weighted by Crippen LogP contribution is -2.36. The first-order valence-electron chi connectivity index (χ1n) is 8.90. The van der Waals surface area contributed by atoms with Crippen LogP contribution < -0.4 is 5.32 Å². The molecular formula is C21H22N2O2S. The molecule has 0 radical (unpaired) electrons. The van der Waals surface area contributed by atoms with Crippen LogP contribution in [-0.2, 0) is 16.6 Å². The fourth-order valence-electron chi connectivity index (χ4n) is 3.67. The molecule has 26 heavy (non-hydrogen) atoms. The molecule has 1 aliphatic rings. The third-order valence-electron chi connectivity index (χ3n) is 5.08. The number of nitrogens with zero attached hydrogens (tertiary/aromatic N) is 1. The van der Waals surface area contributed by atoms with Crippen molar-refractivity contribution in [1.82, 2.24) is 10.3 Å². The molecule has 4 rings (SSSR count). The Bertz CT molecular complexity index is 912. The lowest BCUT2D eigenvalue weighted by Gasteiger charge is -2.37. The van der Waals surface area contributed by atoms with Gasteiger partial charge in [-0.2, -0.15) is 0 Å². The van der Waals surface area contributed by atoms with Crippen LogP contribution in [0, 0.1) is 0 Å². The minimum atomic E-state index is -0.0180. The van der Waals surface area contributed by atoms with Crippen LogP contribution in [0.5, 0.6) is 0 Å². The molecule has 0 saturated carbocycles. The summed E-state index contributed by atoms with van der Waals surface area (Å²) in [6, 6.07) is 12.4. The first-order chi connectivity index (χ1) is 12.5. The molecule has 0 bridgehead atoms. The van der Waals surface area contributed by atoms with E-state index in [4.69, 9.17) is 4.42 Å². The molecule has 2 heterocycles. The van der Waals surface area contributed by atoms with Crippen LogP contribution in [-0.4, -0.2) is 10.9 Å². The number of oxazole rings is 1. The van der Waals surface area contributed by atoms with E-state index in [0.29, 0.717) is 11.6 Å². The van der Waals surface area contributed by atoms with Crippen molar-refractivity contribution >= 4 is 17.2 Å². The summed E-state index contributed by atoms with van der Waals surface area (Å²) in [5, 5.41) is 5.17. The van der Waals surface area contributed by atoms with E-state index in [9.17, 15) is 4.79 Å². The van der Waals surface area contributed by atoms with Crippen molar-refractivity contribution in [2.24, 2.45) is 0 Å². The first kappa shape index (κ1) is 17.0. The minimum Gasteiger partial charge on any atom is -0.444 e. The summed E-state index contributed by atoms with van der Waals surface area (Å²) in [6.07, 6.45) is 3.82. The quantitative estimate of drug-likeness (QED) is 0.716. The van der Waals surface area contributed by atoms with Crippen LogP contribution in [0.3, 0.4) is 0 Å². The highest BCUT2D eigenvalue weighted by atomic mass is 32.1. The predicted molar refractivity (Wildman–Crippen MR) is 103 cm³/mol. The number of benzene rings is 1. The minimum absolute atomic E-state index is 0.0180. The molecule has 4 nitrogen and oxygen atoms in total.